The number of nitrogens with two attached hydrogens (primary N) is 1. The largest absolute Gasteiger partial charge is 0.416 e. The fraction of sp³-hybridized carbons (Fsp3) is 0.136. The highest BCUT2D eigenvalue weighted by molar-refractivity contribution is 7.92. The van der Waals surface area contributed by atoms with E-state index in [0.29, 0.717) is 12.5 Å². The number of amides is 1. The summed E-state index contributed by atoms with van der Waals surface area (Å²) in [4.78, 5) is 12.1. The van der Waals surface area contributed by atoms with Gasteiger partial charge >= 0.3 is 6.18 Å². The number of carbonyl (C=O) groups is 1. The molecule has 0 fully saturated rings. The number of nitrogens with one attached hydrogen (secondary N) is 2. The molecule has 0 bridgehead atoms. The minimum absolute atomic E-state index is 0.00223. The molecule has 0 heterocycles. The predicted molar refractivity (Wildman–Crippen MR) is 128 cm³/mol. The van der Waals surface area contributed by atoms with E-state index in [-0.39, 0.29) is 26.9 Å². The number of anilines is 1. The van der Waals surface area contributed by atoms with Crippen LogP contribution in [0.3, 0.4) is 0 Å². The van der Waals surface area contributed by atoms with Gasteiger partial charge < -0.3 is 5.32 Å². The van der Waals surface area contributed by atoms with Crippen molar-refractivity contribution in [3.8, 4) is 0 Å². The first kappa shape index (κ1) is 27.5. The van der Waals surface area contributed by atoms with Gasteiger partial charge in [-0.25, -0.2) is 22.0 Å². The molecule has 3 rings (SSSR count). The van der Waals surface area contributed by atoms with Gasteiger partial charge in [0.2, 0.25) is 10.0 Å². The summed E-state index contributed by atoms with van der Waals surface area (Å²) >= 11 is 5.87. The second-order valence-electron chi connectivity index (χ2n) is 7.52. The Morgan fingerprint density at radius 1 is 0.917 bits per heavy atom. The standard InChI is InChI=1S/C22H19ClF3N3O5S2/c23-19-9-6-16(22(24,25)26)13-20(19)29-36(33,34)18-3-1-2-15(12-18)21(30)28-11-10-14-4-7-17(8-5-14)35(27,31)32/h1-9,12-13,29H,10-11H2,(H,28,30)(H2,27,31,32). The Labute approximate surface area is 210 Å². The summed E-state index contributed by atoms with van der Waals surface area (Å²) in [6.07, 6.45) is -4.35. The minimum Gasteiger partial charge on any atom is -0.352 e. The molecule has 3 aromatic rings. The molecular weight excluding hydrogens is 543 g/mol. The zero-order chi connectivity index (χ0) is 26.7. The van der Waals surface area contributed by atoms with Gasteiger partial charge in [-0.1, -0.05) is 29.8 Å². The molecule has 0 saturated carbocycles. The Kier molecular flexibility index (Phi) is 7.98. The van der Waals surface area contributed by atoms with E-state index in [1.165, 1.54) is 30.3 Å². The maximum Gasteiger partial charge on any atom is 0.416 e. The van der Waals surface area contributed by atoms with E-state index >= 15 is 0 Å². The van der Waals surface area contributed by atoms with E-state index in [0.717, 1.165) is 23.8 Å². The number of rotatable bonds is 8. The first-order valence-electron chi connectivity index (χ1n) is 10.1. The van der Waals surface area contributed by atoms with Gasteiger partial charge in [0, 0.05) is 12.1 Å². The number of hydrogen-bond acceptors (Lipinski definition) is 5. The molecule has 1 amide bonds. The Morgan fingerprint density at radius 2 is 1.58 bits per heavy atom. The van der Waals surface area contributed by atoms with E-state index in [1.807, 2.05) is 4.72 Å². The predicted octanol–water partition coefficient (Wildman–Crippen LogP) is 3.78. The zero-order valence-electron chi connectivity index (χ0n) is 18.2. The molecule has 0 atom stereocenters. The van der Waals surface area contributed by atoms with Crippen LogP contribution in [0.1, 0.15) is 21.5 Å². The summed E-state index contributed by atoms with van der Waals surface area (Å²) in [5.41, 5.74) is -0.828. The van der Waals surface area contributed by atoms with Gasteiger partial charge in [0.05, 0.1) is 26.1 Å². The average molecular weight is 562 g/mol. The smallest absolute Gasteiger partial charge is 0.352 e. The van der Waals surface area contributed by atoms with E-state index in [1.54, 1.807) is 12.1 Å². The topological polar surface area (TPSA) is 135 Å². The normalized spacial score (nSPS) is 12.2. The second kappa shape index (κ2) is 10.5. The monoisotopic (exact) mass is 561 g/mol. The number of alkyl halides is 3. The van der Waals surface area contributed by atoms with Crippen LogP contribution in [0.25, 0.3) is 0 Å². The Morgan fingerprint density at radius 3 is 2.19 bits per heavy atom. The molecule has 0 aliphatic carbocycles. The fourth-order valence-corrected chi connectivity index (χ4v) is 4.91. The molecule has 4 N–H and O–H groups in total. The average Bonchev–Trinajstić information content (AvgIpc) is 2.79. The maximum atomic E-state index is 13.0. The lowest BCUT2D eigenvalue weighted by Gasteiger charge is -2.13. The van der Waals surface area contributed by atoms with Crippen molar-refractivity contribution in [3.05, 3.63) is 88.4 Å². The van der Waals surface area contributed by atoms with Gasteiger partial charge in [-0.15, -0.1) is 0 Å². The first-order valence-corrected chi connectivity index (χ1v) is 13.5. The van der Waals surface area contributed by atoms with Gasteiger partial charge in [0.1, 0.15) is 0 Å². The van der Waals surface area contributed by atoms with E-state index < -0.39 is 43.4 Å². The van der Waals surface area contributed by atoms with E-state index in [2.05, 4.69) is 5.32 Å². The number of benzene rings is 3. The third-order valence-corrected chi connectivity index (χ3v) is 7.52. The lowest BCUT2D eigenvalue weighted by molar-refractivity contribution is -0.137. The lowest BCUT2D eigenvalue weighted by atomic mass is 10.1. The fourth-order valence-electron chi connectivity index (χ4n) is 3.06. The molecule has 0 spiro atoms. The SMILES string of the molecule is NS(=O)(=O)c1ccc(CCNC(=O)c2cccc(S(=O)(=O)Nc3cc(C(F)(F)F)ccc3Cl)c2)cc1. The van der Waals surface area contributed by atoms with Gasteiger partial charge in [0.15, 0.2) is 0 Å². The third-order valence-electron chi connectivity index (χ3n) is 4.90. The van der Waals surface area contributed by atoms with Crippen LogP contribution in [-0.4, -0.2) is 29.3 Å². The van der Waals surface area contributed by atoms with E-state index in [9.17, 15) is 34.8 Å². The van der Waals surface area contributed by atoms with Crippen LogP contribution in [0, 0.1) is 0 Å². The van der Waals surface area contributed by atoms with Crippen LogP contribution in [0.2, 0.25) is 5.02 Å². The van der Waals surface area contributed by atoms with Crippen molar-refractivity contribution >= 4 is 43.2 Å². The summed E-state index contributed by atoms with van der Waals surface area (Å²) in [5, 5.41) is 7.42. The molecule has 0 radical (unpaired) electrons. The van der Waals surface area contributed by atoms with Gasteiger partial charge in [-0.3, -0.25) is 9.52 Å². The van der Waals surface area contributed by atoms with Gasteiger partial charge in [-0.2, -0.15) is 13.2 Å². The van der Waals surface area contributed by atoms with Crippen molar-refractivity contribution in [2.75, 3.05) is 11.3 Å². The Hall–Kier alpha value is -3.13. The Balaban J connectivity index is 1.69. The van der Waals surface area contributed by atoms with Gasteiger partial charge in [0.25, 0.3) is 15.9 Å². The van der Waals surface area contributed by atoms with Crippen molar-refractivity contribution in [2.24, 2.45) is 5.14 Å². The van der Waals surface area contributed by atoms with Crippen LogP contribution in [0.5, 0.6) is 0 Å². The molecule has 0 aromatic heterocycles. The highest BCUT2D eigenvalue weighted by Crippen LogP contribution is 2.34. The summed E-state index contributed by atoms with van der Waals surface area (Å²) < 4.78 is 89.1. The van der Waals surface area contributed by atoms with Crippen molar-refractivity contribution in [2.45, 2.75) is 22.4 Å². The molecule has 192 valence electrons. The molecule has 0 aliphatic heterocycles. The number of carbonyl (C=O) groups excluding carboxylic acids is 1. The molecule has 36 heavy (non-hydrogen) atoms. The summed E-state index contributed by atoms with van der Waals surface area (Å²) in [7, 11) is -8.19. The van der Waals surface area contributed by atoms with Crippen molar-refractivity contribution < 1.29 is 34.8 Å². The maximum absolute atomic E-state index is 13.0. The van der Waals surface area contributed by atoms with Crippen LogP contribution < -0.4 is 15.2 Å². The van der Waals surface area contributed by atoms with E-state index in [4.69, 9.17) is 16.7 Å². The van der Waals surface area contributed by atoms with Crippen LogP contribution in [-0.2, 0) is 32.6 Å². The Bertz CT molecular complexity index is 1490. The molecule has 0 saturated heterocycles. The molecular formula is C22H19ClF3N3O5S2. The van der Waals surface area contributed by atoms with Crippen molar-refractivity contribution in [1.82, 2.24) is 5.32 Å². The summed E-state index contributed by atoms with van der Waals surface area (Å²) in [6, 6.07) is 12.9. The molecule has 0 aliphatic rings. The van der Waals surface area contributed by atoms with Gasteiger partial charge in [-0.05, 0) is 60.5 Å². The summed E-state index contributed by atoms with van der Waals surface area (Å²) in [6.45, 7) is 0.155. The molecule has 8 nitrogen and oxygen atoms in total. The number of primary sulfonamides is 1. The molecule has 0 unspecified atom stereocenters. The summed E-state index contributed by atoms with van der Waals surface area (Å²) in [5.74, 6) is -0.592. The lowest BCUT2D eigenvalue weighted by Crippen LogP contribution is -2.26. The zero-order valence-corrected chi connectivity index (χ0v) is 20.6. The number of sulfonamides is 2. The number of hydrogen-bond donors (Lipinski definition) is 3. The van der Waals surface area contributed by atoms with Crippen molar-refractivity contribution in [3.63, 3.8) is 0 Å². The quantitative estimate of drug-likeness (QED) is 0.385. The second-order valence-corrected chi connectivity index (χ2v) is 11.2. The van der Waals surface area contributed by atoms with Crippen LogP contribution in [0.4, 0.5) is 18.9 Å². The minimum atomic E-state index is -4.70. The van der Waals surface area contributed by atoms with Crippen molar-refractivity contribution in [1.29, 1.82) is 0 Å². The highest BCUT2D eigenvalue weighted by atomic mass is 35.5. The third kappa shape index (κ3) is 6.97. The highest BCUT2D eigenvalue weighted by Gasteiger charge is 2.31. The first-order chi connectivity index (χ1) is 16.7. The number of halogens is 4. The van der Waals surface area contributed by atoms with Crippen LogP contribution in [0.15, 0.2) is 76.5 Å². The molecule has 14 heteroatoms. The molecule has 3 aromatic carbocycles. The van der Waals surface area contributed by atoms with Crippen LogP contribution >= 0.6 is 11.6 Å².